The van der Waals surface area contributed by atoms with E-state index in [0.717, 1.165) is 46.9 Å². The van der Waals surface area contributed by atoms with Crippen LogP contribution in [0, 0.1) is 0 Å². The Morgan fingerprint density at radius 2 is 1.35 bits per heavy atom. The number of para-hydroxylation sites is 2. The molecule has 0 bridgehead atoms. The van der Waals surface area contributed by atoms with Gasteiger partial charge >= 0.3 is 0 Å². The zero-order chi connectivity index (χ0) is 33.4. The third-order valence-electron chi connectivity index (χ3n) is 12.0. The van der Waals surface area contributed by atoms with E-state index >= 15 is 0 Å². The first kappa shape index (κ1) is 27.5. The van der Waals surface area contributed by atoms with Crippen LogP contribution >= 0.6 is 0 Å². The van der Waals surface area contributed by atoms with Gasteiger partial charge in [0.15, 0.2) is 24.1 Å². The van der Waals surface area contributed by atoms with E-state index in [2.05, 4.69) is 147 Å². The van der Waals surface area contributed by atoms with E-state index in [4.69, 9.17) is 11.0 Å². The maximum absolute atomic E-state index is 6.38. The highest BCUT2D eigenvalue weighted by molar-refractivity contribution is 6.26. The van der Waals surface area contributed by atoms with Crippen LogP contribution in [0.15, 0.2) is 151 Å². The summed E-state index contributed by atoms with van der Waals surface area (Å²) in [6.07, 6.45) is 7.39. The van der Waals surface area contributed by atoms with E-state index < -0.39 is 0 Å². The van der Waals surface area contributed by atoms with Crippen LogP contribution in [0.2, 0.25) is 0 Å². The minimum absolute atomic E-state index is 0.229. The minimum Gasteiger partial charge on any atom is -0.456 e. The number of hydrogen-bond donors (Lipinski definition) is 0. The molecular weight excluding hydrogens is 623 g/mol. The molecule has 0 aliphatic carbocycles. The highest BCUT2D eigenvalue weighted by atomic mass is 16.3. The number of hydrogen-bond acceptors (Lipinski definition) is 1. The number of furan rings is 1. The number of fused-ring (bicyclic) bond motifs is 18. The predicted molar refractivity (Wildman–Crippen MR) is 206 cm³/mol. The van der Waals surface area contributed by atoms with Crippen LogP contribution < -0.4 is 9.13 Å². The zero-order valence-corrected chi connectivity index (χ0v) is 28.0. The van der Waals surface area contributed by atoms with Crippen LogP contribution in [0.25, 0.3) is 88.2 Å². The fraction of sp³-hybridized carbons (Fsp3) is 0.106. The largest absolute Gasteiger partial charge is 0.456 e. The summed E-state index contributed by atoms with van der Waals surface area (Å²) in [7, 11) is 0. The van der Waals surface area contributed by atoms with Gasteiger partial charge in [-0.05, 0) is 79.1 Å². The van der Waals surface area contributed by atoms with Crippen LogP contribution in [-0.4, -0.2) is 4.40 Å². The standard InChI is InChI=1S/C47H33N3O/c1-28-23-42-31(20-19-29-11-2-3-12-30(29)40-16-6-8-21-48(28)40)35-25-43-36(24-37(35)41-17-7-9-22-49(41)42)33-14-10-15-34-38-27-46-39(26-44(38)50(43)47(33)34)32-13-4-5-18-45(32)51-46/h2-18,21-22,24-27,31,42H,1,19-20,23H2/q+2. The van der Waals surface area contributed by atoms with Crippen molar-refractivity contribution in [1.82, 2.24) is 4.40 Å². The molecule has 2 unspecified atom stereocenters. The summed E-state index contributed by atoms with van der Waals surface area (Å²) >= 11 is 0. The predicted octanol–water partition coefficient (Wildman–Crippen LogP) is 10.8. The summed E-state index contributed by atoms with van der Waals surface area (Å²) in [4.78, 5) is 0. The third kappa shape index (κ3) is 3.64. The second kappa shape index (κ2) is 9.92. The number of rotatable bonds is 0. The Morgan fingerprint density at radius 1 is 0.608 bits per heavy atom. The molecule has 2 aliphatic heterocycles. The summed E-state index contributed by atoms with van der Waals surface area (Å²) in [5.74, 6) is 0.298. The minimum atomic E-state index is 0.229. The lowest BCUT2D eigenvalue weighted by Crippen LogP contribution is -2.49. The van der Waals surface area contributed by atoms with Gasteiger partial charge in [0.05, 0.1) is 28.5 Å². The average Bonchev–Trinajstić information content (AvgIpc) is 3.82. The van der Waals surface area contributed by atoms with E-state index in [1.54, 1.807) is 0 Å². The summed E-state index contributed by atoms with van der Waals surface area (Å²) in [5, 5.41) is 7.44. The molecule has 5 aromatic carbocycles. The Labute approximate surface area is 294 Å². The lowest BCUT2D eigenvalue weighted by atomic mass is 9.77. The van der Waals surface area contributed by atoms with Crippen molar-refractivity contribution in [1.29, 1.82) is 0 Å². The number of benzene rings is 5. The molecule has 0 radical (unpaired) electrons. The molecule has 0 N–H and O–H groups in total. The molecule has 4 nitrogen and oxygen atoms in total. The number of aryl methyl sites for hydroxylation is 1. The molecule has 0 saturated heterocycles. The van der Waals surface area contributed by atoms with Gasteiger partial charge in [-0.1, -0.05) is 54.6 Å². The van der Waals surface area contributed by atoms with Gasteiger partial charge in [0.1, 0.15) is 11.2 Å². The number of nitrogens with zero attached hydrogens (tertiary/aromatic N) is 3. The van der Waals surface area contributed by atoms with Crippen LogP contribution in [0.4, 0.5) is 0 Å². The molecule has 5 aromatic heterocycles. The third-order valence-corrected chi connectivity index (χ3v) is 12.0. The second-order valence-corrected chi connectivity index (χ2v) is 14.5. The van der Waals surface area contributed by atoms with Crippen molar-refractivity contribution in [2.75, 3.05) is 0 Å². The molecule has 2 atom stereocenters. The first-order valence-corrected chi connectivity index (χ1v) is 18.1. The Morgan fingerprint density at radius 3 is 2.27 bits per heavy atom. The first-order valence-electron chi connectivity index (χ1n) is 18.1. The first-order chi connectivity index (χ1) is 25.2. The highest BCUT2D eigenvalue weighted by Gasteiger charge is 2.43. The van der Waals surface area contributed by atoms with Crippen LogP contribution in [0.5, 0.6) is 0 Å². The molecule has 7 heterocycles. The van der Waals surface area contributed by atoms with Crippen molar-refractivity contribution in [3.63, 3.8) is 0 Å². The number of allylic oxidation sites excluding steroid dienone is 1. The summed E-state index contributed by atoms with van der Waals surface area (Å²) in [6, 6.07) is 47.3. The van der Waals surface area contributed by atoms with Crippen molar-refractivity contribution in [2.45, 2.75) is 31.2 Å². The monoisotopic (exact) mass is 655 g/mol. The van der Waals surface area contributed by atoms with Gasteiger partial charge in [-0.15, -0.1) is 0 Å². The van der Waals surface area contributed by atoms with Crippen molar-refractivity contribution >= 4 is 65.7 Å². The highest BCUT2D eigenvalue weighted by Crippen LogP contribution is 2.48. The van der Waals surface area contributed by atoms with E-state index in [1.807, 2.05) is 6.07 Å². The van der Waals surface area contributed by atoms with Gasteiger partial charge in [0, 0.05) is 68.1 Å². The molecule has 51 heavy (non-hydrogen) atoms. The van der Waals surface area contributed by atoms with E-state index in [1.165, 1.54) is 71.7 Å². The summed E-state index contributed by atoms with van der Waals surface area (Å²) in [6.45, 7) is 4.74. The molecule has 0 fully saturated rings. The SMILES string of the molecule is C=C1CC2C(CCc3ccccc3-c3cccc[n+]31)c1cc3c(cc1-c1cccc[n+]12)c1cccc2c4cc5oc6ccccc6c5cc4n3c12. The Hall–Kier alpha value is -6.26. The normalized spacial score (nSPS) is 17.2. The van der Waals surface area contributed by atoms with E-state index in [9.17, 15) is 0 Å². The molecule has 4 heteroatoms. The maximum atomic E-state index is 6.38. The van der Waals surface area contributed by atoms with Crippen LogP contribution in [0.1, 0.15) is 35.9 Å². The topological polar surface area (TPSA) is 25.3 Å². The Bertz CT molecular complexity index is 3110. The number of aromatic nitrogens is 3. The fourth-order valence-electron chi connectivity index (χ4n) is 9.82. The van der Waals surface area contributed by atoms with E-state index in [-0.39, 0.29) is 6.04 Å². The van der Waals surface area contributed by atoms with Gasteiger partial charge in [0.25, 0.3) is 0 Å². The molecular formula is C47H33N3O+2. The molecule has 12 rings (SSSR count). The van der Waals surface area contributed by atoms with Crippen molar-refractivity contribution in [2.24, 2.45) is 0 Å². The fourth-order valence-corrected chi connectivity index (χ4v) is 9.82. The quantitative estimate of drug-likeness (QED) is 0.149. The van der Waals surface area contributed by atoms with Gasteiger partial charge in [0.2, 0.25) is 11.4 Å². The van der Waals surface area contributed by atoms with Crippen LogP contribution in [-0.2, 0) is 6.42 Å². The summed E-state index contributed by atoms with van der Waals surface area (Å²) < 4.78 is 13.8. The Kier molecular flexibility index (Phi) is 5.36. The van der Waals surface area contributed by atoms with Gasteiger partial charge in [-0.3, -0.25) is 0 Å². The molecule has 0 spiro atoms. The molecule has 0 amide bonds. The Balaban J connectivity index is 1.15. The zero-order valence-electron chi connectivity index (χ0n) is 28.0. The van der Waals surface area contributed by atoms with Crippen molar-refractivity contribution < 1.29 is 13.6 Å². The lowest BCUT2D eigenvalue weighted by molar-refractivity contribution is -0.720. The number of pyridine rings is 2. The average molecular weight is 656 g/mol. The van der Waals surface area contributed by atoms with Gasteiger partial charge < -0.3 is 8.82 Å². The molecule has 10 aromatic rings. The van der Waals surface area contributed by atoms with Gasteiger partial charge in [-0.25, -0.2) is 0 Å². The van der Waals surface area contributed by atoms with Crippen LogP contribution in [0.3, 0.4) is 0 Å². The van der Waals surface area contributed by atoms with Gasteiger partial charge in [-0.2, -0.15) is 9.13 Å². The summed E-state index contributed by atoms with van der Waals surface area (Å²) in [5.41, 5.74) is 14.8. The second-order valence-electron chi connectivity index (χ2n) is 14.5. The smallest absolute Gasteiger partial charge is 0.218 e. The maximum Gasteiger partial charge on any atom is 0.218 e. The van der Waals surface area contributed by atoms with Crippen molar-refractivity contribution in [3.05, 3.63) is 157 Å². The van der Waals surface area contributed by atoms with E-state index in [0.29, 0.717) is 5.92 Å². The van der Waals surface area contributed by atoms with Crippen molar-refractivity contribution in [3.8, 4) is 22.5 Å². The molecule has 0 saturated carbocycles. The lowest BCUT2D eigenvalue weighted by Gasteiger charge is -2.31. The molecule has 240 valence electrons. The molecule has 2 aliphatic rings.